The molecule has 1 heterocycles. The molecule has 3 heteroatoms. The first kappa shape index (κ1) is 11.5. The van der Waals surface area contributed by atoms with Crippen LogP contribution in [0.4, 0.5) is 0 Å². The number of carbonyl (C=O) groups excluding carboxylic acids is 1. The lowest BCUT2D eigenvalue weighted by Gasteiger charge is -2.09. The number of hydrogen-bond acceptors (Lipinski definition) is 3. The van der Waals surface area contributed by atoms with Gasteiger partial charge in [-0.25, -0.2) is 0 Å². The molecule has 3 nitrogen and oxygen atoms in total. The molecule has 0 aliphatic carbocycles. The predicted octanol–water partition coefficient (Wildman–Crippen LogP) is 2.31. The van der Waals surface area contributed by atoms with Gasteiger partial charge < -0.3 is 5.11 Å². The van der Waals surface area contributed by atoms with Crippen LogP contribution >= 0.6 is 0 Å². The van der Waals surface area contributed by atoms with E-state index in [1.54, 1.807) is 36.4 Å². The molecule has 0 amide bonds. The number of nitrogens with zero attached hydrogens (tertiary/aromatic N) is 1. The monoisotopic (exact) mass is 227 g/mol. The number of ketones is 1. The highest BCUT2D eigenvalue weighted by Crippen LogP contribution is 2.17. The summed E-state index contributed by atoms with van der Waals surface area (Å²) < 4.78 is 0. The molecule has 1 atom stereocenters. The minimum Gasteiger partial charge on any atom is -0.380 e. The summed E-state index contributed by atoms with van der Waals surface area (Å²) in [5.74, 6) is -0.330. The number of aliphatic hydroxyl groups is 1. The largest absolute Gasteiger partial charge is 0.380 e. The van der Waals surface area contributed by atoms with Crippen molar-refractivity contribution in [2.75, 3.05) is 0 Å². The number of rotatable bonds is 3. The zero-order valence-corrected chi connectivity index (χ0v) is 9.50. The van der Waals surface area contributed by atoms with E-state index in [0.29, 0.717) is 11.1 Å². The van der Waals surface area contributed by atoms with Crippen LogP contribution in [-0.4, -0.2) is 15.9 Å². The minimum atomic E-state index is -1.12. The molecule has 0 bridgehead atoms. The van der Waals surface area contributed by atoms with Gasteiger partial charge in [-0.15, -0.1) is 0 Å². The van der Waals surface area contributed by atoms with Crippen molar-refractivity contribution < 1.29 is 9.90 Å². The average molecular weight is 227 g/mol. The molecule has 2 aromatic rings. The summed E-state index contributed by atoms with van der Waals surface area (Å²) in [6.45, 7) is 1.85. The predicted molar refractivity (Wildman–Crippen MR) is 64.7 cm³/mol. The molecule has 1 unspecified atom stereocenters. The standard InChI is InChI=1S/C14H13NO2/c1-10-7-8-12(9-15-10)14(17)13(16)11-5-3-2-4-6-11/h2-9,13,16H,1H3. The third-order valence-electron chi connectivity index (χ3n) is 2.56. The van der Waals surface area contributed by atoms with Gasteiger partial charge in [0.15, 0.2) is 5.78 Å². The Morgan fingerprint density at radius 1 is 1.18 bits per heavy atom. The number of aromatic nitrogens is 1. The smallest absolute Gasteiger partial charge is 0.197 e. The molecule has 0 radical (unpaired) electrons. The first-order chi connectivity index (χ1) is 8.18. The Labute approximate surface area is 99.8 Å². The van der Waals surface area contributed by atoms with Crippen molar-refractivity contribution in [3.63, 3.8) is 0 Å². The zero-order chi connectivity index (χ0) is 12.3. The average Bonchev–Trinajstić information content (AvgIpc) is 2.39. The third kappa shape index (κ3) is 2.57. The number of benzene rings is 1. The Kier molecular flexibility index (Phi) is 3.30. The fraction of sp³-hybridized carbons (Fsp3) is 0.143. The molecule has 1 aromatic heterocycles. The summed E-state index contributed by atoms with van der Waals surface area (Å²) in [6.07, 6.45) is 0.366. The Balaban J connectivity index is 2.23. The lowest BCUT2D eigenvalue weighted by atomic mass is 10.0. The molecule has 17 heavy (non-hydrogen) atoms. The highest BCUT2D eigenvalue weighted by molar-refractivity contribution is 5.99. The highest BCUT2D eigenvalue weighted by Gasteiger charge is 2.18. The van der Waals surface area contributed by atoms with Crippen molar-refractivity contribution in [1.29, 1.82) is 0 Å². The number of aliphatic hydroxyl groups excluding tert-OH is 1. The Hall–Kier alpha value is -2.00. The van der Waals surface area contributed by atoms with Crippen molar-refractivity contribution in [2.45, 2.75) is 13.0 Å². The fourth-order valence-corrected chi connectivity index (χ4v) is 1.56. The minimum absolute atomic E-state index is 0.330. The SMILES string of the molecule is Cc1ccc(C(=O)C(O)c2ccccc2)cn1. The van der Waals surface area contributed by atoms with Crippen molar-refractivity contribution in [2.24, 2.45) is 0 Å². The number of Topliss-reactive ketones (excluding diaryl/α,β-unsaturated/α-hetero) is 1. The van der Waals surface area contributed by atoms with E-state index in [4.69, 9.17) is 0 Å². The summed E-state index contributed by atoms with van der Waals surface area (Å²) >= 11 is 0. The van der Waals surface area contributed by atoms with E-state index in [9.17, 15) is 9.90 Å². The molecule has 86 valence electrons. The molecular weight excluding hydrogens is 214 g/mol. The van der Waals surface area contributed by atoms with Crippen LogP contribution in [0.3, 0.4) is 0 Å². The molecule has 1 aromatic carbocycles. The van der Waals surface area contributed by atoms with Gasteiger partial charge in [0.1, 0.15) is 6.10 Å². The van der Waals surface area contributed by atoms with Crippen molar-refractivity contribution in [1.82, 2.24) is 4.98 Å². The molecular formula is C14H13NO2. The third-order valence-corrected chi connectivity index (χ3v) is 2.56. The van der Waals surface area contributed by atoms with E-state index in [0.717, 1.165) is 5.69 Å². The highest BCUT2D eigenvalue weighted by atomic mass is 16.3. The second-order valence-corrected chi connectivity index (χ2v) is 3.87. The lowest BCUT2D eigenvalue weighted by Crippen LogP contribution is -2.12. The van der Waals surface area contributed by atoms with Gasteiger partial charge in [0.05, 0.1) is 0 Å². The van der Waals surface area contributed by atoms with E-state index in [1.165, 1.54) is 6.20 Å². The zero-order valence-electron chi connectivity index (χ0n) is 9.50. The molecule has 2 rings (SSSR count). The topological polar surface area (TPSA) is 50.2 Å². The van der Waals surface area contributed by atoms with Gasteiger partial charge >= 0.3 is 0 Å². The van der Waals surface area contributed by atoms with Crippen LogP contribution < -0.4 is 0 Å². The van der Waals surface area contributed by atoms with Crippen molar-refractivity contribution in [3.05, 3.63) is 65.5 Å². The molecule has 0 spiro atoms. The van der Waals surface area contributed by atoms with E-state index < -0.39 is 6.10 Å². The number of aryl methyl sites for hydroxylation is 1. The number of carbonyl (C=O) groups is 1. The van der Waals surface area contributed by atoms with Gasteiger partial charge in [0.25, 0.3) is 0 Å². The summed E-state index contributed by atoms with van der Waals surface area (Å²) in [6, 6.07) is 12.3. The van der Waals surface area contributed by atoms with Crippen LogP contribution in [0.5, 0.6) is 0 Å². The van der Waals surface area contributed by atoms with Gasteiger partial charge in [-0.05, 0) is 24.6 Å². The van der Waals surface area contributed by atoms with E-state index >= 15 is 0 Å². The summed E-state index contributed by atoms with van der Waals surface area (Å²) in [7, 11) is 0. The van der Waals surface area contributed by atoms with Gasteiger partial charge in [0, 0.05) is 17.5 Å². The van der Waals surface area contributed by atoms with E-state index in [-0.39, 0.29) is 5.78 Å². The van der Waals surface area contributed by atoms with Crippen LogP contribution in [0.15, 0.2) is 48.7 Å². The Morgan fingerprint density at radius 2 is 1.88 bits per heavy atom. The van der Waals surface area contributed by atoms with Crippen LogP contribution in [-0.2, 0) is 0 Å². The van der Waals surface area contributed by atoms with E-state index in [1.807, 2.05) is 13.0 Å². The van der Waals surface area contributed by atoms with Crippen LogP contribution in [0, 0.1) is 6.92 Å². The second kappa shape index (κ2) is 4.89. The van der Waals surface area contributed by atoms with Gasteiger partial charge in [0.2, 0.25) is 0 Å². The summed E-state index contributed by atoms with van der Waals surface area (Å²) in [4.78, 5) is 16.0. The van der Waals surface area contributed by atoms with Gasteiger partial charge in [-0.2, -0.15) is 0 Å². The first-order valence-corrected chi connectivity index (χ1v) is 5.38. The molecule has 0 aliphatic rings. The maximum Gasteiger partial charge on any atom is 0.197 e. The van der Waals surface area contributed by atoms with E-state index in [2.05, 4.69) is 4.98 Å². The first-order valence-electron chi connectivity index (χ1n) is 5.38. The maximum absolute atomic E-state index is 12.0. The number of pyridine rings is 1. The lowest BCUT2D eigenvalue weighted by molar-refractivity contribution is 0.0747. The Bertz CT molecular complexity index is 506. The van der Waals surface area contributed by atoms with Crippen LogP contribution in [0.2, 0.25) is 0 Å². The second-order valence-electron chi connectivity index (χ2n) is 3.87. The molecule has 0 fully saturated rings. The van der Waals surface area contributed by atoms with Crippen molar-refractivity contribution >= 4 is 5.78 Å². The Morgan fingerprint density at radius 3 is 2.47 bits per heavy atom. The summed E-state index contributed by atoms with van der Waals surface area (Å²) in [5, 5.41) is 9.93. The maximum atomic E-state index is 12.0. The molecule has 0 aliphatic heterocycles. The van der Waals surface area contributed by atoms with Gasteiger partial charge in [-0.3, -0.25) is 9.78 Å². The normalized spacial score (nSPS) is 12.1. The quantitative estimate of drug-likeness (QED) is 0.818. The molecule has 0 saturated carbocycles. The molecule has 0 saturated heterocycles. The van der Waals surface area contributed by atoms with Gasteiger partial charge in [-0.1, -0.05) is 30.3 Å². The molecule has 1 N–H and O–H groups in total. The fourth-order valence-electron chi connectivity index (χ4n) is 1.56. The van der Waals surface area contributed by atoms with Crippen molar-refractivity contribution in [3.8, 4) is 0 Å². The summed E-state index contributed by atoms with van der Waals surface area (Å²) in [5.41, 5.74) is 1.86. The van der Waals surface area contributed by atoms with Crippen LogP contribution in [0.1, 0.15) is 27.7 Å². The number of hydrogen-bond donors (Lipinski definition) is 1. The van der Waals surface area contributed by atoms with Crippen LogP contribution in [0.25, 0.3) is 0 Å².